The zero-order chi connectivity index (χ0) is 15.0. The molecule has 1 amide bonds. The molecule has 0 spiro atoms. The molecule has 1 rings (SSSR count). The van der Waals surface area contributed by atoms with Crippen LogP contribution in [0.15, 0.2) is 0 Å². The summed E-state index contributed by atoms with van der Waals surface area (Å²) in [6.07, 6.45) is 1.93. The predicted molar refractivity (Wildman–Crippen MR) is 76.5 cm³/mol. The minimum Gasteiger partial charge on any atom is -0.324 e. The van der Waals surface area contributed by atoms with Gasteiger partial charge in [-0.3, -0.25) is 10.1 Å². The molecule has 0 aliphatic carbocycles. The molecule has 5 nitrogen and oxygen atoms in total. The van der Waals surface area contributed by atoms with E-state index in [0.717, 1.165) is 6.42 Å². The normalized spacial score (nSPS) is 25.4. The summed E-state index contributed by atoms with van der Waals surface area (Å²) in [6.45, 7) is 9.56. The van der Waals surface area contributed by atoms with Crippen molar-refractivity contribution in [1.29, 1.82) is 0 Å². The maximum Gasteiger partial charge on any atom is 0.241 e. The largest absolute Gasteiger partial charge is 0.324 e. The van der Waals surface area contributed by atoms with Crippen LogP contribution in [0.4, 0.5) is 0 Å². The Morgan fingerprint density at radius 1 is 1.37 bits per heavy atom. The van der Waals surface area contributed by atoms with Crippen LogP contribution >= 0.6 is 0 Å². The van der Waals surface area contributed by atoms with Gasteiger partial charge in [0, 0.05) is 12.8 Å². The minimum atomic E-state index is -3.20. The highest BCUT2D eigenvalue weighted by molar-refractivity contribution is 7.92. The topological polar surface area (TPSA) is 66.5 Å². The molecule has 0 bridgehead atoms. The van der Waals surface area contributed by atoms with Crippen molar-refractivity contribution in [2.75, 3.05) is 12.8 Å². The number of sulfone groups is 1. The first-order valence-electron chi connectivity index (χ1n) is 6.77. The minimum absolute atomic E-state index is 0.0126. The van der Waals surface area contributed by atoms with Gasteiger partial charge in [-0.05, 0) is 26.2 Å². The van der Waals surface area contributed by atoms with Gasteiger partial charge in [0.15, 0.2) is 9.84 Å². The Morgan fingerprint density at radius 3 is 2.26 bits per heavy atom. The highest BCUT2D eigenvalue weighted by Crippen LogP contribution is 2.24. The van der Waals surface area contributed by atoms with Crippen LogP contribution < -0.4 is 5.32 Å². The molecular formula is C13H26N2O3S. The number of nitrogens with zero attached hydrogens (tertiary/aromatic N) is 1. The molecule has 1 fully saturated rings. The quantitative estimate of drug-likeness (QED) is 0.820. The summed E-state index contributed by atoms with van der Waals surface area (Å²) < 4.78 is 22.7. The Labute approximate surface area is 116 Å². The standard InChI is InChI=1S/C13H26N2O3S/c1-7-10-14-11(9(2)3)12(16)15(10)8-13(4,5)19(6,17)18/h9-11,14H,7-8H2,1-6H3. The number of hydrogen-bond donors (Lipinski definition) is 1. The summed E-state index contributed by atoms with van der Waals surface area (Å²) >= 11 is 0. The van der Waals surface area contributed by atoms with Gasteiger partial charge in [-0.15, -0.1) is 0 Å². The number of amides is 1. The molecule has 1 N–H and O–H groups in total. The van der Waals surface area contributed by atoms with E-state index in [1.807, 2.05) is 20.8 Å². The Kier molecular flexibility index (Phi) is 4.67. The third-order valence-corrected chi connectivity index (χ3v) is 6.04. The summed E-state index contributed by atoms with van der Waals surface area (Å²) in [5, 5.41) is 3.30. The molecule has 1 heterocycles. The predicted octanol–water partition coefficient (Wildman–Crippen LogP) is 1.00. The van der Waals surface area contributed by atoms with Gasteiger partial charge in [-0.2, -0.15) is 0 Å². The van der Waals surface area contributed by atoms with Crippen molar-refractivity contribution in [2.24, 2.45) is 5.92 Å². The molecule has 19 heavy (non-hydrogen) atoms. The van der Waals surface area contributed by atoms with Crippen LogP contribution in [-0.2, 0) is 14.6 Å². The van der Waals surface area contributed by atoms with E-state index in [1.165, 1.54) is 6.26 Å². The maximum atomic E-state index is 12.4. The summed E-state index contributed by atoms with van der Waals surface area (Å²) in [6, 6.07) is -0.208. The van der Waals surface area contributed by atoms with E-state index >= 15 is 0 Å². The van der Waals surface area contributed by atoms with Crippen molar-refractivity contribution in [1.82, 2.24) is 10.2 Å². The first kappa shape index (κ1) is 16.4. The molecule has 2 unspecified atom stereocenters. The summed E-state index contributed by atoms with van der Waals surface area (Å²) in [5.41, 5.74) is 0. The fraction of sp³-hybridized carbons (Fsp3) is 0.923. The third kappa shape index (κ3) is 3.28. The molecule has 0 aromatic carbocycles. The molecule has 1 saturated heterocycles. The maximum absolute atomic E-state index is 12.4. The van der Waals surface area contributed by atoms with Crippen LogP contribution in [0.3, 0.4) is 0 Å². The van der Waals surface area contributed by atoms with Crippen molar-refractivity contribution in [3.63, 3.8) is 0 Å². The molecule has 112 valence electrons. The van der Waals surface area contributed by atoms with E-state index in [-0.39, 0.29) is 30.6 Å². The average molecular weight is 290 g/mol. The molecule has 0 aromatic rings. The lowest BCUT2D eigenvalue weighted by Gasteiger charge is -2.31. The summed E-state index contributed by atoms with van der Waals surface area (Å²) in [7, 11) is -3.20. The van der Waals surface area contributed by atoms with Crippen molar-refractivity contribution in [2.45, 2.75) is 58.0 Å². The Bertz CT molecular complexity index is 443. The van der Waals surface area contributed by atoms with Crippen molar-refractivity contribution in [3.8, 4) is 0 Å². The van der Waals surface area contributed by atoms with E-state index < -0.39 is 14.6 Å². The van der Waals surface area contributed by atoms with Gasteiger partial charge in [-0.1, -0.05) is 20.8 Å². The van der Waals surface area contributed by atoms with Gasteiger partial charge < -0.3 is 4.90 Å². The van der Waals surface area contributed by atoms with Gasteiger partial charge in [0.2, 0.25) is 5.91 Å². The van der Waals surface area contributed by atoms with Crippen LogP contribution in [-0.4, -0.2) is 49.0 Å². The van der Waals surface area contributed by atoms with Crippen LogP contribution in [0.2, 0.25) is 0 Å². The number of hydrogen-bond acceptors (Lipinski definition) is 4. The van der Waals surface area contributed by atoms with Crippen molar-refractivity contribution < 1.29 is 13.2 Å². The monoisotopic (exact) mass is 290 g/mol. The Morgan fingerprint density at radius 2 is 1.89 bits per heavy atom. The van der Waals surface area contributed by atoms with Gasteiger partial charge in [0.25, 0.3) is 0 Å². The van der Waals surface area contributed by atoms with Gasteiger partial charge in [-0.25, -0.2) is 8.42 Å². The van der Waals surface area contributed by atoms with Gasteiger partial charge in [0.05, 0.1) is 17.0 Å². The zero-order valence-corrected chi connectivity index (χ0v) is 13.5. The van der Waals surface area contributed by atoms with Crippen molar-refractivity contribution in [3.05, 3.63) is 0 Å². The zero-order valence-electron chi connectivity index (χ0n) is 12.7. The van der Waals surface area contributed by atoms with E-state index in [9.17, 15) is 13.2 Å². The molecule has 6 heteroatoms. The molecule has 1 aliphatic rings. The first-order valence-corrected chi connectivity index (χ1v) is 8.66. The SMILES string of the molecule is CCC1NC(C(C)C)C(=O)N1CC(C)(C)S(C)(=O)=O. The second-order valence-electron chi connectivity index (χ2n) is 6.31. The highest BCUT2D eigenvalue weighted by atomic mass is 32.2. The van der Waals surface area contributed by atoms with Crippen LogP contribution in [0.5, 0.6) is 0 Å². The smallest absolute Gasteiger partial charge is 0.241 e. The lowest BCUT2D eigenvalue weighted by molar-refractivity contribution is -0.131. The lowest BCUT2D eigenvalue weighted by Crippen LogP contribution is -2.48. The van der Waals surface area contributed by atoms with E-state index in [0.29, 0.717) is 0 Å². The first-order chi connectivity index (χ1) is 8.51. The van der Waals surface area contributed by atoms with Crippen LogP contribution in [0.1, 0.15) is 41.0 Å². The van der Waals surface area contributed by atoms with Crippen molar-refractivity contribution >= 4 is 15.7 Å². The fourth-order valence-corrected chi connectivity index (χ4v) is 2.61. The number of carbonyl (C=O) groups excluding carboxylic acids is 1. The molecular weight excluding hydrogens is 264 g/mol. The van der Waals surface area contributed by atoms with Crippen LogP contribution in [0.25, 0.3) is 0 Å². The average Bonchev–Trinajstić information content (AvgIpc) is 2.54. The van der Waals surface area contributed by atoms with E-state index in [2.05, 4.69) is 5.32 Å². The molecule has 0 radical (unpaired) electrons. The summed E-state index contributed by atoms with van der Waals surface area (Å²) in [4.78, 5) is 14.1. The van der Waals surface area contributed by atoms with Gasteiger partial charge in [0.1, 0.15) is 0 Å². The Hall–Kier alpha value is -0.620. The lowest BCUT2D eigenvalue weighted by atomic mass is 10.0. The highest BCUT2D eigenvalue weighted by Gasteiger charge is 2.43. The molecule has 0 saturated carbocycles. The second-order valence-corrected chi connectivity index (χ2v) is 8.96. The van der Waals surface area contributed by atoms with Gasteiger partial charge >= 0.3 is 0 Å². The van der Waals surface area contributed by atoms with Crippen LogP contribution in [0, 0.1) is 5.92 Å². The number of nitrogens with one attached hydrogen (secondary N) is 1. The molecule has 2 atom stereocenters. The Balaban J connectivity index is 2.96. The third-order valence-electron chi connectivity index (χ3n) is 3.91. The number of carbonyl (C=O) groups is 1. The second kappa shape index (κ2) is 5.40. The summed E-state index contributed by atoms with van der Waals surface area (Å²) in [5.74, 6) is 0.214. The molecule has 1 aliphatic heterocycles. The fourth-order valence-electron chi connectivity index (χ4n) is 2.23. The van der Waals surface area contributed by atoms with E-state index in [1.54, 1.807) is 18.7 Å². The molecule has 0 aromatic heterocycles. The number of rotatable bonds is 5. The van der Waals surface area contributed by atoms with E-state index in [4.69, 9.17) is 0 Å².